The SMILES string of the molecule is CC1(C)Cc2sccc2C(N)C1. The Bertz CT molecular complexity index is 288. The van der Waals surface area contributed by atoms with E-state index in [1.165, 1.54) is 16.9 Å². The average Bonchev–Trinajstić information content (AvgIpc) is 2.31. The highest BCUT2D eigenvalue weighted by atomic mass is 32.1. The standard InChI is InChI=1S/C10H15NS/c1-10(2)5-8(11)7-3-4-12-9(7)6-10/h3-4,8H,5-6,11H2,1-2H3. The van der Waals surface area contributed by atoms with Crippen molar-refractivity contribution in [1.82, 2.24) is 0 Å². The first-order valence-corrected chi connectivity index (χ1v) is 5.28. The van der Waals surface area contributed by atoms with Gasteiger partial charge in [-0.05, 0) is 35.3 Å². The molecule has 2 rings (SSSR count). The predicted molar refractivity (Wildman–Crippen MR) is 53.3 cm³/mol. The first kappa shape index (κ1) is 8.27. The zero-order chi connectivity index (χ0) is 8.77. The Balaban J connectivity index is 2.38. The lowest BCUT2D eigenvalue weighted by Gasteiger charge is -2.33. The van der Waals surface area contributed by atoms with E-state index in [2.05, 4.69) is 25.3 Å². The Kier molecular flexibility index (Phi) is 1.77. The summed E-state index contributed by atoms with van der Waals surface area (Å²) in [7, 11) is 0. The molecular weight excluding hydrogens is 166 g/mol. The molecule has 0 bridgehead atoms. The highest BCUT2D eigenvalue weighted by molar-refractivity contribution is 7.10. The van der Waals surface area contributed by atoms with E-state index >= 15 is 0 Å². The number of hydrogen-bond acceptors (Lipinski definition) is 2. The van der Waals surface area contributed by atoms with Gasteiger partial charge in [-0.15, -0.1) is 11.3 Å². The molecule has 66 valence electrons. The van der Waals surface area contributed by atoms with Gasteiger partial charge in [-0.25, -0.2) is 0 Å². The molecule has 1 nitrogen and oxygen atoms in total. The highest BCUT2D eigenvalue weighted by Crippen LogP contribution is 2.41. The van der Waals surface area contributed by atoms with Crippen molar-refractivity contribution in [2.45, 2.75) is 32.7 Å². The summed E-state index contributed by atoms with van der Waals surface area (Å²) in [6, 6.07) is 2.45. The van der Waals surface area contributed by atoms with Crippen LogP contribution >= 0.6 is 11.3 Å². The summed E-state index contributed by atoms with van der Waals surface area (Å²) in [5.41, 5.74) is 7.86. The molecule has 1 aliphatic carbocycles. The van der Waals surface area contributed by atoms with Crippen molar-refractivity contribution in [3.8, 4) is 0 Å². The molecule has 0 saturated carbocycles. The zero-order valence-electron chi connectivity index (χ0n) is 7.63. The molecule has 0 amide bonds. The first-order valence-electron chi connectivity index (χ1n) is 4.40. The molecule has 0 fully saturated rings. The molecule has 1 unspecified atom stereocenters. The largest absolute Gasteiger partial charge is 0.324 e. The van der Waals surface area contributed by atoms with Crippen molar-refractivity contribution in [2.75, 3.05) is 0 Å². The van der Waals surface area contributed by atoms with Gasteiger partial charge in [0.05, 0.1) is 0 Å². The molecule has 0 aromatic carbocycles. The average molecular weight is 181 g/mol. The van der Waals surface area contributed by atoms with Gasteiger partial charge in [0.1, 0.15) is 0 Å². The predicted octanol–water partition coefficient (Wildman–Crippen LogP) is 2.72. The van der Waals surface area contributed by atoms with Crippen molar-refractivity contribution in [2.24, 2.45) is 11.1 Å². The van der Waals surface area contributed by atoms with E-state index in [1.54, 1.807) is 0 Å². The van der Waals surface area contributed by atoms with Gasteiger partial charge in [0.15, 0.2) is 0 Å². The van der Waals surface area contributed by atoms with Gasteiger partial charge in [-0.2, -0.15) is 0 Å². The number of fused-ring (bicyclic) bond motifs is 1. The van der Waals surface area contributed by atoms with Gasteiger partial charge < -0.3 is 5.73 Å². The van der Waals surface area contributed by atoms with Gasteiger partial charge in [0.2, 0.25) is 0 Å². The van der Waals surface area contributed by atoms with Gasteiger partial charge in [0.25, 0.3) is 0 Å². The molecule has 1 atom stereocenters. The molecule has 1 aromatic heterocycles. The normalized spacial score (nSPS) is 26.8. The number of rotatable bonds is 0. The highest BCUT2D eigenvalue weighted by Gasteiger charge is 2.30. The van der Waals surface area contributed by atoms with Crippen molar-refractivity contribution in [3.63, 3.8) is 0 Å². The Hall–Kier alpha value is -0.340. The fourth-order valence-corrected chi connectivity index (χ4v) is 3.25. The maximum absolute atomic E-state index is 6.07. The lowest BCUT2D eigenvalue weighted by Crippen LogP contribution is -2.28. The molecule has 0 aliphatic heterocycles. The minimum absolute atomic E-state index is 0.273. The van der Waals surface area contributed by atoms with Crippen LogP contribution in [0.25, 0.3) is 0 Å². The number of thiophene rings is 1. The van der Waals surface area contributed by atoms with Gasteiger partial charge in [-0.3, -0.25) is 0 Å². The second-order valence-corrected chi connectivity index (χ2v) is 5.45. The molecule has 12 heavy (non-hydrogen) atoms. The molecule has 2 heteroatoms. The summed E-state index contributed by atoms with van der Waals surface area (Å²) in [5, 5.41) is 2.16. The summed E-state index contributed by atoms with van der Waals surface area (Å²) in [5.74, 6) is 0. The molecule has 1 aromatic rings. The van der Waals surface area contributed by atoms with Crippen LogP contribution in [0.2, 0.25) is 0 Å². The Labute approximate surface area is 77.6 Å². The van der Waals surface area contributed by atoms with Crippen LogP contribution in [0.1, 0.15) is 36.8 Å². The van der Waals surface area contributed by atoms with Gasteiger partial charge >= 0.3 is 0 Å². The maximum Gasteiger partial charge on any atom is 0.0311 e. The fourth-order valence-electron chi connectivity index (χ4n) is 2.04. The molecule has 0 radical (unpaired) electrons. The van der Waals surface area contributed by atoms with E-state index in [0.717, 1.165) is 6.42 Å². The van der Waals surface area contributed by atoms with Crippen LogP contribution in [-0.2, 0) is 6.42 Å². The summed E-state index contributed by atoms with van der Waals surface area (Å²) >= 11 is 1.85. The van der Waals surface area contributed by atoms with Crippen molar-refractivity contribution >= 4 is 11.3 Å². The third-order valence-corrected chi connectivity index (χ3v) is 3.53. The molecule has 0 spiro atoms. The summed E-state index contributed by atoms with van der Waals surface area (Å²) in [6.45, 7) is 4.60. The van der Waals surface area contributed by atoms with Crippen molar-refractivity contribution in [3.05, 3.63) is 21.9 Å². The van der Waals surface area contributed by atoms with E-state index in [0.29, 0.717) is 5.41 Å². The van der Waals surface area contributed by atoms with E-state index in [9.17, 15) is 0 Å². The molecule has 1 heterocycles. The Morgan fingerprint density at radius 1 is 1.58 bits per heavy atom. The molecular formula is C10H15NS. The molecule has 0 saturated heterocycles. The second-order valence-electron chi connectivity index (χ2n) is 4.45. The van der Waals surface area contributed by atoms with Crippen LogP contribution < -0.4 is 5.73 Å². The Morgan fingerprint density at radius 3 is 3.08 bits per heavy atom. The van der Waals surface area contributed by atoms with Crippen LogP contribution in [0.4, 0.5) is 0 Å². The fraction of sp³-hybridized carbons (Fsp3) is 0.600. The topological polar surface area (TPSA) is 26.0 Å². The zero-order valence-corrected chi connectivity index (χ0v) is 8.45. The Morgan fingerprint density at radius 2 is 2.33 bits per heavy atom. The molecule has 2 N–H and O–H groups in total. The van der Waals surface area contributed by atoms with Crippen molar-refractivity contribution < 1.29 is 0 Å². The summed E-state index contributed by atoms with van der Waals surface area (Å²) in [4.78, 5) is 1.50. The van der Waals surface area contributed by atoms with Crippen LogP contribution in [0.5, 0.6) is 0 Å². The maximum atomic E-state index is 6.07. The lowest BCUT2D eigenvalue weighted by atomic mass is 9.75. The number of hydrogen-bond donors (Lipinski definition) is 1. The van der Waals surface area contributed by atoms with Crippen LogP contribution in [0.3, 0.4) is 0 Å². The third kappa shape index (κ3) is 1.29. The smallest absolute Gasteiger partial charge is 0.0311 e. The van der Waals surface area contributed by atoms with E-state index in [1.807, 2.05) is 11.3 Å². The van der Waals surface area contributed by atoms with Crippen LogP contribution in [0.15, 0.2) is 11.4 Å². The van der Waals surface area contributed by atoms with Crippen LogP contribution in [-0.4, -0.2) is 0 Å². The van der Waals surface area contributed by atoms with E-state index in [4.69, 9.17) is 5.73 Å². The number of nitrogens with two attached hydrogens (primary N) is 1. The monoisotopic (exact) mass is 181 g/mol. The minimum atomic E-state index is 0.273. The second kappa shape index (κ2) is 2.57. The van der Waals surface area contributed by atoms with Crippen LogP contribution in [0, 0.1) is 5.41 Å². The molecule has 1 aliphatic rings. The van der Waals surface area contributed by atoms with Gasteiger partial charge in [-0.1, -0.05) is 13.8 Å². The van der Waals surface area contributed by atoms with Gasteiger partial charge in [0, 0.05) is 10.9 Å². The van der Waals surface area contributed by atoms with Crippen molar-refractivity contribution in [1.29, 1.82) is 0 Å². The van der Waals surface area contributed by atoms with E-state index in [-0.39, 0.29) is 6.04 Å². The minimum Gasteiger partial charge on any atom is -0.324 e. The third-order valence-electron chi connectivity index (χ3n) is 2.59. The quantitative estimate of drug-likeness (QED) is 0.654. The lowest BCUT2D eigenvalue weighted by molar-refractivity contribution is 0.286. The summed E-state index contributed by atoms with van der Waals surface area (Å²) in [6.07, 6.45) is 2.32. The van der Waals surface area contributed by atoms with E-state index < -0.39 is 0 Å². The first-order chi connectivity index (χ1) is 5.58. The summed E-state index contributed by atoms with van der Waals surface area (Å²) < 4.78 is 0.